The molecule has 0 unspecified atom stereocenters. The van der Waals surface area contributed by atoms with Gasteiger partial charge in [-0.2, -0.15) is 0 Å². The first-order valence-corrected chi connectivity index (χ1v) is 9.17. The number of nitrogens with one attached hydrogen (secondary N) is 1. The molecule has 0 aromatic heterocycles. The van der Waals surface area contributed by atoms with Crippen LogP contribution in [0, 0.1) is 0 Å². The maximum absolute atomic E-state index is 11.9. The summed E-state index contributed by atoms with van der Waals surface area (Å²) in [5.41, 5.74) is 0.717. The number of carbonyl (C=O) groups excluding carboxylic acids is 2. The predicted molar refractivity (Wildman–Crippen MR) is 94.3 cm³/mol. The van der Waals surface area contributed by atoms with Gasteiger partial charge < -0.3 is 14.8 Å². The lowest BCUT2D eigenvalue weighted by Gasteiger charge is -2.09. The van der Waals surface area contributed by atoms with Gasteiger partial charge in [-0.25, -0.2) is 18.4 Å². The Morgan fingerprint density at radius 1 is 1.12 bits per heavy atom. The van der Waals surface area contributed by atoms with Crippen LogP contribution < -0.4 is 15.2 Å². The van der Waals surface area contributed by atoms with E-state index in [0.717, 1.165) is 0 Å². The zero-order valence-electron chi connectivity index (χ0n) is 14.0. The van der Waals surface area contributed by atoms with Crippen LogP contribution in [0.4, 0.5) is 5.69 Å². The fourth-order valence-electron chi connectivity index (χ4n) is 2.00. The Hall–Kier alpha value is -2.91. The van der Waals surface area contributed by atoms with Crippen LogP contribution in [0.25, 0.3) is 0 Å². The highest BCUT2D eigenvalue weighted by atomic mass is 32.2. The highest BCUT2D eigenvalue weighted by molar-refractivity contribution is 7.89. The first kappa shape index (κ1) is 19.4. The largest absolute Gasteiger partial charge is 0.484 e. The number of primary sulfonamides is 1. The Morgan fingerprint density at radius 3 is 2.42 bits per heavy atom. The van der Waals surface area contributed by atoms with Crippen molar-refractivity contribution >= 4 is 27.6 Å². The Labute approximate surface area is 151 Å². The van der Waals surface area contributed by atoms with Crippen LogP contribution in [-0.2, 0) is 19.6 Å². The molecule has 1 amide bonds. The first-order valence-electron chi connectivity index (χ1n) is 7.62. The second-order valence-electron chi connectivity index (χ2n) is 5.15. The highest BCUT2D eigenvalue weighted by Crippen LogP contribution is 2.15. The van der Waals surface area contributed by atoms with Crippen molar-refractivity contribution in [1.82, 2.24) is 0 Å². The normalized spacial score (nSPS) is 10.8. The number of esters is 1. The van der Waals surface area contributed by atoms with Gasteiger partial charge >= 0.3 is 5.97 Å². The van der Waals surface area contributed by atoms with Crippen molar-refractivity contribution in [2.45, 2.75) is 11.8 Å². The van der Waals surface area contributed by atoms with Gasteiger partial charge in [0, 0.05) is 5.69 Å². The van der Waals surface area contributed by atoms with Crippen LogP contribution in [0.5, 0.6) is 5.75 Å². The summed E-state index contributed by atoms with van der Waals surface area (Å²) >= 11 is 0. The van der Waals surface area contributed by atoms with Crippen LogP contribution in [0.3, 0.4) is 0 Å². The lowest BCUT2D eigenvalue weighted by Crippen LogP contribution is -2.20. The molecule has 0 aliphatic rings. The second kappa shape index (κ2) is 8.45. The SMILES string of the molecule is CCOC(=O)c1cccc(OCC(=O)Nc2ccc(S(N)(=O)=O)cc2)c1. The molecule has 0 fully saturated rings. The third-order valence-electron chi connectivity index (χ3n) is 3.18. The van der Waals surface area contributed by atoms with Crippen molar-refractivity contribution in [3.8, 4) is 5.75 Å². The van der Waals surface area contributed by atoms with Crippen LogP contribution >= 0.6 is 0 Å². The molecule has 0 spiro atoms. The number of rotatable bonds is 7. The minimum Gasteiger partial charge on any atom is -0.484 e. The van der Waals surface area contributed by atoms with E-state index in [4.69, 9.17) is 14.6 Å². The van der Waals surface area contributed by atoms with Gasteiger partial charge in [-0.05, 0) is 49.4 Å². The monoisotopic (exact) mass is 378 g/mol. The molecule has 9 heteroatoms. The minimum atomic E-state index is -3.78. The van der Waals surface area contributed by atoms with Crippen LogP contribution in [0.1, 0.15) is 17.3 Å². The van der Waals surface area contributed by atoms with E-state index in [-0.39, 0.29) is 18.1 Å². The zero-order valence-corrected chi connectivity index (χ0v) is 14.8. The van der Waals surface area contributed by atoms with Gasteiger partial charge in [0.05, 0.1) is 17.1 Å². The average molecular weight is 378 g/mol. The molecule has 0 saturated heterocycles. The van der Waals surface area contributed by atoms with E-state index in [1.807, 2.05) is 0 Å². The van der Waals surface area contributed by atoms with Crippen molar-refractivity contribution in [3.05, 3.63) is 54.1 Å². The third-order valence-corrected chi connectivity index (χ3v) is 4.11. The molecule has 26 heavy (non-hydrogen) atoms. The molecule has 0 aliphatic carbocycles. The van der Waals surface area contributed by atoms with Crippen LogP contribution in [0.15, 0.2) is 53.4 Å². The summed E-state index contributed by atoms with van der Waals surface area (Å²) in [5.74, 6) is -0.581. The molecule has 0 bridgehead atoms. The number of sulfonamides is 1. The topological polar surface area (TPSA) is 125 Å². The van der Waals surface area contributed by atoms with E-state index >= 15 is 0 Å². The molecule has 3 N–H and O–H groups in total. The van der Waals surface area contributed by atoms with E-state index in [2.05, 4.69) is 5.32 Å². The molecule has 0 saturated carbocycles. The maximum atomic E-state index is 11.9. The smallest absolute Gasteiger partial charge is 0.338 e. The quantitative estimate of drug-likeness (QED) is 0.704. The fraction of sp³-hybridized carbons (Fsp3) is 0.176. The van der Waals surface area contributed by atoms with Gasteiger partial charge in [0.25, 0.3) is 5.91 Å². The number of hydrogen-bond donors (Lipinski definition) is 2. The molecular formula is C17H18N2O6S. The van der Waals surface area contributed by atoms with Crippen molar-refractivity contribution in [2.75, 3.05) is 18.5 Å². The van der Waals surface area contributed by atoms with E-state index in [9.17, 15) is 18.0 Å². The maximum Gasteiger partial charge on any atom is 0.338 e. The third kappa shape index (κ3) is 5.57. The summed E-state index contributed by atoms with van der Waals surface area (Å²) in [6.07, 6.45) is 0. The number of ether oxygens (including phenoxy) is 2. The molecule has 0 heterocycles. The minimum absolute atomic E-state index is 0.0532. The number of amides is 1. The number of anilines is 1. The standard InChI is InChI=1S/C17H18N2O6S/c1-2-24-17(21)12-4-3-5-14(10-12)25-11-16(20)19-13-6-8-15(9-7-13)26(18,22)23/h3-10H,2,11H2,1H3,(H,19,20)(H2,18,22,23). The van der Waals surface area contributed by atoms with Gasteiger partial charge in [0.15, 0.2) is 6.61 Å². The summed E-state index contributed by atoms with van der Waals surface area (Å²) in [7, 11) is -3.78. The second-order valence-corrected chi connectivity index (χ2v) is 6.72. The van der Waals surface area contributed by atoms with Gasteiger partial charge in [0.1, 0.15) is 5.75 Å². The van der Waals surface area contributed by atoms with Gasteiger partial charge in [0.2, 0.25) is 10.0 Å². The Balaban J connectivity index is 1.93. The van der Waals surface area contributed by atoms with Gasteiger partial charge in [-0.15, -0.1) is 0 Å². The number of carbonyl (C=O) groups is 2. The Bertz CT molecular complexity index is 894. The average Bonchev–Trinajstić information content (AvgIpc) is 2.60. The fourth-order valence-corrected chi connectivity index (χ4v) is 2.52. The van der Waals surface area contributed by atoms with Gasteiger partial charge in [-0.3, -0.25) is 4.79 Å². The number of benzene rings is 2. The molecule has 8 nitrogen and oxygen atoms in total. The number of hydrogen-bond acceptors (Lipinski definition) is 6. The Morgan fingerprint density at radius 2 is 1.81 bits per heavy atom. The molecule has 138 valence electrons. The molecule has 2 aromatic carbocycles. The summed E-state index contributed by atoms with van der Waals surface area (Å²) < 4.78 is 32.6. The van der Waals surface area contributed by atoms with E-state index < -0.39 is 21.9 Å². The molecule has 0 atom stereocenters. The Kier molecular flexibility index (Phi) is 6.31. The van der Waals surface area contributed by atoms with Crippen molar-refractivity contribution in [1.29, 1.82) is 0 Å². The lowest BCUT2D eigenvalue weighted by atomic mass is 10.2. The highest BCUT2D eigenvalue weighted by Gasteiger charge is 2.10. The molecule has 0 radical (unpaired) electrons. The van der Waals surface area contributed by atoms with Crippen LogP contribution in [0.2, 0.25) is 0 Å². The van der Waals surface area contributed by atoms with Crippen LogP contribution in [-0.4, -0.2) is 33.5 Å². The summed E-state index contributed by atoms with van der Waals surface area (Å²) in [4.78, 5) is 23.5. The molecule has 2 rings (SSSR count). The van der Waals surface area contributed by atoms with Crippen molar-refractivity contribution in [2.24, 2.45) is 5.14 Å². The van der Waals surface area contributed by atoms with E-state index in [0.29, 0.717) is 17.0 Å². The first-order chi connectivity index (χ1) is 12.3. The summed E-state index contributed by atoms with van der Waals surface area (Å²) in [5, 5.41) is 7.56. The zero-order chi connectivity index (χ0) is 19.2. The van der Waals surface area contributed by atoms with E-state index in [1.54, 1.807) is 25.1 Å². The van der Waals surface area contributed by atoms with Crippen molar-refractivity contribution in [3.63, 3.8) is 0 Å². The van der Waals surface area contributed by atoms with Crippen molar-refractivity contribution < 1.29 is 27.5 Å². The van der Waals surface area contributed by atoms with Gasteiger partial charge in [-0.1, -0.05) is 6.07 Å². The molecular weight excluding hydrogens is 360 g/mol. The lowest BCUT2D eigenvalue weighted by molar-refractivity contribution is -0.118. The predicted octanol–water partition coefficient (Wildman–Crippen LogP) is 1.53. The van der Waals surface area contributed by atoms with E-state index in [1.165, 1.54) is 30.3 Å². The summed E-state index contributed by atoms with van der Waals surface area (Å²) in [6.45, 7) is 1.68. The molecule has 2 aromatic rings. The molecule has 0 aliphatic heterocycles. The number of nitrogens with two attached hydrogens (primary N) is 1. The summed E-state index contributed by atoms with van der Waals surface area (Å²) in [6, 6.07) is 11.7.